The van der Waals surface area contributed by atoms with E-state index in [2.05, 4.69) is 17.6 Å². The fraction of sp³-hybridized carbons (Fsp3) is 0.333. The number of carbonyl (C=O) groups excluding carboxylic acids is 1. The van der Waals surface area contributed by atoms with Crippen LogP contribution in [0.5, 0.6) is 0 Å². The molecule has 0 spiro atoms. The van der Waals surface area contributed by atoms with Gasteiger partial charge >= 0.3 is 5.97 Å². The number of carbonyl (C=O) groups is 1. The summed E-state index contributed by atoms with van der Waals surface area (Å²) in [6.45, 7) is 2.24. The number of thiophene rings is 1. The van der Waals surface area contributed by atoms with Gasteiger partial charge in [0.1, 0.15) is 5.00 Å². The second-order valence-corrected chi connectivity index (χ2v) is 8.08. The quantitative estimate of drug-likeness (QED) is 0.558. The fourth-order valence-electron chi connectivity index (χ4n) is 2.96. The predicted molar refractivity (Wildman–Crippen MR) is 108 cm³/mol. The van der Waals surface area contributed by atoms with Crippen molar-refractivity contribution in [3.8, 4) is 0 Å². The molecule has 0 aliphatic heterocycles. The van der Waals surface area contributed by atoms with Gasteiger partial charge in [-0.1, -0.05) is 18.5 Å². The summed E-state index contributed by atoms with van der Waals surface area (Å²) in [4.78, 5) is 13.5. The summed E-state index contributed by atoms with van der Waals surface area (Å²) < 4.78 is 4.99. The Labute approximate surface area is 161 Å². The Morgan fingerprint density at radius 2 is 2.04 bits per heavy atom. The average molecular weight is 395 g/mol. The van der Waals surface area contributed by atoms with Crippen molar-refractivity contribution in [2.45, 2.75) is 26.2 Å². The van der Waals surface area contributed by atoms with E-state index in [0.29, 0.717) is 21.6 Å². The molecule has 25 heavy (non-hydrogen) atoms. The number of benzene rings is 1. The van der Waals surface area contributed by atoms with Crippen LogP contribution in [-0.4, -0.2) is 18.2 Å². The second-order valence-electron chi connectivity index (χ2n) is 6.13. The summed E-state index contributed by atoms with van der Waals surface area (Å²) in [5, 5.41) is 8.11. The Morgan fingerprint density at radius 3 is 2.72 bits per heavy atom. The zero-order valence-electron chi connectivity index (χ0n) is 14.0. The van der Waals surface area contributed by atoms with Gasteiger partial charge in [0.05, 0.1) is 12.7 Å². The maximum atomic E-state index is 12.3. The first-order valence-electron chi connectivity index (χ1n) is 8.04. The molecule has 0 amide bonds. The maximum Gasteiger partial charge on any atom is 0.341 e. The molecule has 2 N–H and O–H groups in total. The molecule has 1 unspecified atom stereocenters. The minimum atomic E-state index is -0.316. The smallest absolute Gasteiger partial charge is 0.341 e. The number of esters is 1. The third-order valence-corrected chi connectivity index (χ3v) is 5.86. The van der Waals surface area contributed by atoms with Gasteiger partial charge in [0, 0.05) is 15.6 Å². The molecule has 1 aromatic heterocycles. The SMILES string of the molecule is COC(=O)c1c(NC(=S)Nc2ccc(Cl)cc2)sc2c1CCC(C)C2. The highest BCUT2D eigenvalue weighted by Crippen LogP contribution is 2.40. The molecule has 1 aromatic carbocycles. The van der Waals surface area contributed by atoms with Crippen molar-refractivity contribution in [3.05, 3.63) is 45.3 Å². The number of anilines is 2. The number of hydrogen-bond acceptors (Lipinski definition) is 4. The monoisotopic (exact) mass is 394 g/mol. The van der Waals surface area contributed by atoms with Crippen molar-refractivity contribution >= 4 is 56.9 Å². The van der Waals surface area contributed by atoms with Crippen molar-refractivity contribution in [1.29, 1.82) is 0 Å². The third kappa shape index (κ3) is 4.14. The van der Waals surface area contributed by atoms with E-state index in [0.717, 1.165) is 35.5 Å². The summed E-state index contributed by atoms with van der Waals surface area (Å²) in [7, 11) is 1.41. The standard InChI is InChI=1S/C18H19ClN2O2S2/c1-10-3-8-13-14(9-10)25-16(15(13)17(22)23-2)21-18(24)20-12-6-4-11(19)5-7-12/h4-7,10H,3,8-9H2,1-2H3,(H2,20,21,24). The molecule has 1 atom stereocenters. The van der Waals surface area contributed by atoms with Crippen molar-refractivity contribution in [3.63, 3.8) is 0 Å². The Hall–Kier alpha value is -1.63. The van der Waals surface area contributed by atoms with Crippen LogP contribution in [0.25, 0.3) is 0 Å². The van der Waals surface area contributed by atoms with E-state index >= 15 is 0 Å². The largest absolute Gasteiger partial charge is 0.465 e. The summed E-state index contributed by atoms with van der Waals surface area (Å²) in [5.74, 6) is 0.312. The molecule has 0 bridgehead atoms. The van der Waals surface area contributed by atoms with Gasteiger partial charge < -0.3 is 15.4 Å². The van der Waals surface area contributed by atoms with Gasteiger partial charge in [-0.2, -0.15) is 0 Å². The third-order valence-electron chi connectivity index (χ3n) is 4.23. The maximum absolute atomic E-state index is 12.3. The first-order valence-corrected chi connectivity index (χ1v) is 9.64. The summed E-state index contributed by atoms with van der Waals surface area (Å²) in [5.41, 5.74) is 2.55. The molecule has 4 nitrogen and oxygen atoms in total. The van der Waals surface area contributed by atoms with E-state index in [1.807, 2.05) is 12.1 Å². The van der Waals surface area contributed by atoms with E-state index in [-0.39, 0.29) is 5.97 Å². The highest BCUT2D eigenvalue weighted by molar-refractivity contribution is 7.80. The molecule has 0 saturated carbocycles. The summed E-state index contributed by atoms with van der Waals surface area (Å²) >= 11 is 12.9. The number of thiocarbonyl (C=S) groups is 1. The van der Waals surface area contributed by atoms with Gasteiger partial charge in [-0.05, 0) is 67.2 Å². The zero-order valence-corrected chi connectivity index (χ0v) is 16.4. The lowest BCUT2D eigenvalue weighted by Crippen LogP contribution is -2.20. The number of ether oxygens (including phenoxy) is 1. The molecule has 1 heterocycles. The van der Waals surface area contributed by atoms with Gasteiger partial charge in [-0.15, -0.1) is 11.3 Å². The van der Waals surface area contributed by atoms with Crippen LogP contribution in [0.2, 0.25) is 5.02 Å². The minimum absolute atomic E-state index is 0.316. The van der Waals surface area contributed by atoms with Gasteiger partial charge in [0.15, 0.2) is 5.11 Å². The van der Waals surface area contributed by atoms with Gasteiger partial charge in [0.25, 0.3) is 0 Å². The number of halogens is 1. The molecule has 0 radical (unpaired) electrons. The van der Waals surface area contributed by atoms with E-state index < -0.39 is 0 Å². The Balaban J connectivity index is 1.82. The summed E-state index contributed by atoms with van der Waals surface area (Å²) in [6.07, 6.45) is 2.97. The molecule has 132 valence electrons. The average Bonchev–Trinajstić information content (AvgIpc) is 2.92. The van der Waals surface area contributed by atoms with Crippen LogP contribution in [-0.2, 0) is 17.6 Å². The Bertz CT molecular complexity index is 802. The van der Waals surface area contributed by atoms with Crippen LogP contribution in [0.1, 0.15) is 34.1 Å². The van der Waals surface area contributed by atoms with Crippen LogP contribution in [0.3, 0.4) is 0 Å². The zero-order chi connectivity index (χ0) is 18.0. The molecule has 0 fully saturated rings. The number of fused-ring (bicyclic) bond motifs is 1. The Kier molecular flexibility index (Phi) is 5.61. The lowest BCUT2D eigenvalue weighted by atomic mass is 9.88. The van der Waals surface area contributed by atoms with Crippen molar-refractivity contribution in [2.75, 3.05) is 17.7 Å². The topological polar surface area (TPSA) is 50.4 Å². The van der Waals surface area contributed by atoms with E-state index in [9.17, 15) is 4.79 Å². The minimum Gasteiger partial charge on any atom is -0.465 e. The van der Waals surface area contributed by atoms with Crippen LogP contribution < -0.4 is 10.6 Å². The van der Waals surface area contributed by atoms with Crippen LogP contribution >= 0.6 is 35.2 Å². The molecule has 1 aliphatic carbocycles. The van der Waals surface area contributed by atoms with Crippen LogP contribution in [0.4, 0.5) is 10.7 Å². The number of rotatable bonds is 3. The van der Waals surface area contributed by atoms with E-state index in [1.165, 1.54) is 12.0 Å². The molecule has 2 aromatic rings. The highest BCUT2D eigenvalue weighted by atomic mass is 35.5. The predicted octanol–water partition coefficient (Wildman–Crippen LogP) is 5.12. The molecule has 3 rings (SSSR count). The van der Waals surface area contributed by atoms with Crippen molar-refractivity contribution in [1.82, 2.24) is 0 Å². The number of hydrogen-bond donors (Lipinski definition) is 2. The Morgan fingerprint density at radius 1 is 1.32 bits per heavy atom. The van der Waals surface area contributed by atoms with E-state index in [4.69, 9.17) is 28.6 Å². The van der Waals surface area contributed by atoms with Crippen LogP contribution in [0, 0.1) is 5.92 Å². The van der Waals surface area contributed by atoms with E-state index in [1.54, 1.807) is 23.5 Å². The molecule has 7 heteroatoms. The second kappa shape index (κ2) is 7.72. The molecule has 1 aliphatic rings. The first-order chi connectivity index (χ1) is 12.0. The first kappa shape index (κ1) is 18.2. The molecular weight excluding hydrogens is 376 g/mol. The number of nitrogens with one attached hydrogen (secondary N) is 2. The van der Waals surface area contributed by atoms with Crippen LogP contribution in [0.15, 0.2) is 24.3 Å². The molecular formula is C18H19ClN2O2S2. The summed E-state index contributed by atoms with van der Waals surface area (Å²) in [6, 6.07) is 7.27. The van der Waals surface area contributed by atoms with Crippen molar-refractivity contribution < 1.29 is 9.53 Å². The number of methoxy groups -OCH3 is 1. The highest BCUT2D eigenvalue weighted by Gasteiger charge is 2.28. The lowest BCUT2D eigenvalue weighted by Gasteiger charge is -2.18. The fourth-order valence-corrected chi connectivity index (χ4v) is 4.77. The van der Waals surface area contributed by atoms with Gasteiger partial charge in [0.2, 0.25) is 0 Å². The molecule has 0 saturated heterocycles. The van der Waals surface area contributed by atoms with Gasteiger partial charge in [-0.25, -0.2) is 4.79 Å². The normalized spacial score (nSPS) is 16.0. The van der Waals surface area contributed by atoms with Crippen molar-refractivity contribution in [2.24, 2.45) is 5.92 Å². The lowest BCUT2D eigenvalue weighted by molar-refractivity contribution is 0.0601. The van der Waals surface area contributed by atoms with Gasteiger partial charge in [-0.3, -0.25) is 0 Å².